The Morgan fingerprint density at radius 2 is 2.47 bits per heavy atom. The van der Waals surface area contributed by atoms with E-state index in [0.717, 1.165) is 37.5 Å². The maximum Gasteiger partial charge on any atom is 0.303 e. The van der Waals surface area contributed by atoms with Crippen molar-refractivity contribution in [2.75, 3.05) is 0 Å². The average molecular weight is 209 g/mol. The fourth-order valence-corrected chi connectivity index (χ4v) is 2.06. The summed E-state index contributed by atoms with van der Waals surface area (Å²) in [6, 6.07) is 0. The molecule has 0 saturated heterocycles. The summed E-state index contributed by atoms with van der Waals surface area (Å²) >= 11 is 0. The lowest BCUT2D eigenvalue weighted by Gasteiger charge is -2.21. The van der Waals surface area contributed by atoms with Crippen LogP contribution in [0.2, 0.25) is 0 Å². The first kappa shape index (κ1) is 10.1. The first-order valence-corrected chi connectivity index (χ1v) is 5.27. The van der Waals surface area contributed by atoms with Crippen molar-refractivity contribution in [1.82, 2.24) is 14.8 Å². The molecule has 0 amide bonds. The topological polar surface area (TPSA) is 68.0 Å². The zero-order valence-electron chi connectivity index (χ0n) is 8.81. The number of hydrogen-bond donors (Lipinski definition) is 1. The molecule has 2 heterocycles. The van der Waals surface area contributed by atoms with Crippen molar-refractivity contribution in [1.29, 1.82) is 0 Å². The van der Waals surface area contributed by atoms with Crippen LogP contribution in [0.5, 0.6) is 0 Å². The third-order valence-electron chi connectivity index (χ3n) is 2.83. The summed E-state index contributed by atoms with van der Waals surface area (Å²) in [5.74, 6) is 1.58. The molecule has 5 nitrogen and oxygen atoms in total. The molecule has 1 unspecified atom stereocenters. The number of rotatable bonds is 3. The molecule has 0 bridgehead atoms. The Labute approximate surface area is 88.1 Å². The van der Waals surface area contributed by atoms with Gasteiger partial charge in [-0.15, -0.1) is 0 Å². The summed E-state index contributed by atoms with van der Waals surface area (Å²) in [6.07, 6.45) is 2.96. The van der Waals surface area contributed by atoms with Crippen LogP contribution in [-0.2, 0) is 17.8 Å². The van der Waals surface area contributed by atoms with Crippen LogP contribution in [0.1, 0.15) is 30.9 Å². The number of carboxylic acid groups (broad SMARTS) is 1. The number of aliphatic carboxylic acids is 1. The Morgan fingerprint density at radius 3 is 3.20 bits per heavy atom. The van der Waals surface area contributed by atoms with Gasteiger partial charge in [0.15, 0.2) is 0 Å². The van der Waals surface area contributed by atoms with E-state index >= 15 is 0 Å². The highest BCUT2D eigenvalue weighted by atomic mass is 16.4. The maximum absolute atomic E-state index is 10.5. The van der Waals surface area contributed by atoms with Gasteiger partial charge in [-0.2, -0.15) is 5.10 Å². The summed E-state index contributed by atoms with van der Waals surface area (Å²) in [7, 11) is 0. The SMILES string of the molecule is Cc1nc2n(n1)CC(CCC(=O)O)CC2. The van der Waals surface area contributed by atoms with Crippen LogP contribution in [-0.4, -0.2) is 25.8 Å². The lowest BCUT2D eigenvalue weighted by atomic mass is 9.95. The average Bonchev–Trinajstić information content (AvgIpc) is 2.53. The molecule has 0 spiro atoms. The van der Waals surface area contributed by atoms with Gasteiger partial charge in [0.05, 0.1) is 0 Å². The normalized spacial score (nSPS) is 19.9. The molecule has 0 fully saturated rings. The molecule has 2 rings (SSSR count). The molecule has 1 aliphatic rings. The molecule has 0 saturated carbocycles. The fraction of sp³-hybridized carbons (Fsp3) is 0.700. The predicted molar refractivity (Wildman–Crippen MR) is 53.4 cm³/mol. The molecule has 0 aliphatic carbocycles. The van der Waals surface area contributed by atoms with Crippen molar-refractivity contribution in [3.05, 3.63) is 11.6 Å². The molecule has 1 aromatic rings. The van der Waals surface area contributed by atoms with Gasteiger partial charge >= 0.3 is 5.97 Å². The third-order valence-corrected chi connectivity index (χ3v) is 2.83. The second kappa shape index (κ2) is 4.00. The number of aryl methyl sites for hydroxylation is 2. The van der Waals surface area contributed by atoms with Crippen molar-refractivity contribution in [3.8, 4) is 0 Å². The largest absolute Gasteiger partial charge is 0.481 e. The van der Waals surface area contributed by atoms with Crippen molar-refractivity contribution in [2.24, 2.45) is 5.92 Å². The van der Waals surface area contributed by atoms with Gasteiger partial charge in [0.25, 0.3) is 0 Å². The van der Waals surface area contributed by atoms with Crippen molar-refractivity contribution < 1.29 is 9.90 Å². The van der Waals surface area contributed by atoms with Crippen LogP contribution in [0.25, 0.3) is 0 Å². The minimum absolute atomic E-state index is 0.258. The van der Waals surface area contributed by atoms with Gasteiger partial charge in [-0.1, -0.05) is 0 Å². The predicted octanol–water partition coefficient (Wildman–Crippen LogP) is 1.01. The summed E-state index contributed by atoms with van der Waals surface area (Å²) in [5, 5.41) is 12.9. The zero-order chi connectivity index (χ0) is 10.8. The highest BCUT2D eigenvalue weighted by Gasteiger charge is 2.21. The Balaban J connectivity index is 1.96. The summed E-state index contributed by atoms with van der Waals surface area (Å²) in [5.41, 5.74) is 0. The second-order valence-corrected chi connectivity index (χ2v) is 4.09. The van der Waals surface area contributed by atoms with E-state index in [0.29, 0.717) is 5.92 Å². The van der Waals surface area contributed by atoms with E-state index in [1.807, 2.05) is 11.6 Å². The number of hydrogen-bond acceptors (Lipinski definition) is 3. The number of nitrogens with zero attached hydrogens (tertiary/aromatic N) is 3. The van der Waals surface area contributed by atoms with Crippen LogP contribution < -0.4 is 0 Å². The minimum Gasteiger partial charge on any atom is -0.481 e. The van der Waals surface area contributed by atoms with E-state index in [2.05, 4.69) is 10.1 Å². The Hall–Kier alpha value is -1.39. The molecule has 1 atom stereocenters. The minimum atomic E-state index is -0.712. The van der Waals surface area contributed by atoms with E-state index in [9.17, 15) is 4.79 Å². The molecule has 1 N–H and O–H groups in total. The summed E-state index contributed by atoms with van der Waals surface area (Å²) in [6.45, 7) is 2.71. The molecule has 15 heavy (non-hydrogen) atoms. The molecule has 0 aromatic carbocycles. The number of fused-ring (bicyclic) bond motifs is 1. The Morgan fingerprint density at radius 1 is 1.67 bits per heavy atom. The monoisotopic (exact) mass is 209 g/mol. The third kappa shape index (κ3) is 2.34. The van der Waals surface area contributed by atoms with Gasteiger partial charge in [0.2, 0.25) is 0 Å². The van der Waals surface area contributed by atoms with Gasteiger partial charge in [-0.05, 0) is 25.7 Å². The van der Waals surface area contributed by atoms with Gasteiger partial charge in [0.1, 0.15) is 11.6 Å². The van der Waals surface area contributed by atoms with Crippen LogP contribution >= 0.6 is 0 Å². The van der Waals surface area contributed by atoms with Crippen molar-refractivity contribution in [3.63, 3.8) is 0 Å². The lowest BCUT2D eigenvalue weighted by molar-refractivity contribution is -0.137. The Bertz CT molecular complexity index is 373. The quantitative estimate of drug-likeness (QED) is 0.806. The molecular weight excluding hydrogens is 194 g/mol. The van der Waals surface area contributed by atoms with Crippen molar-refractivity contribution >= 4 is 5.97 Å². The van der Waals surface area contributed by atoms with E-state index in [1.54, 1.807) is 0 Å². The van der Waals surface area contributed by atoms with Gasteiger partial charge in [-0.25, -0.2) is 9.67 Å². The Kier molecular flexibility index (Phi) is 2.70. The standard InChI is InChI=1S/C10H15N3O2/c1-7-11-9-4-2-8(3-5-10(14)15)6-13(9)12-7/h8H,2-6H2,1H3,(H,14,15). The van der Waals surface area contributed by atoms with Gasteiger partial charge in [-0.3, -0.25) is 4.79 Å². The number of aromatic nitrogens is 3. The highest BCUT2D eigenvalue weighted by Crippen LogP contribution is 2.22. The van der Waals surface area contributed by atoms with E-state index in [1.165, 1.54) is 0 Å². The summed E-state index contributed by atoms with van der Waals surface area (Å²) < 4.78 is 1.92. The lowest BCUT2D eigenvalue weighted by Crippen LogP contribution is -2.22. The number of carboxylic acids is 1. The van der Waals surface area contributed by atoms with Gasteiger partial charge in [0, 0.05) is 19.4 Å². The van der Waals surface area contributed by atoms with E-state index in [-0.39, 0.29) is 6.42 Å². The van der Waals surface area contributed by atoms with Gasteiger partial charge < -0.3 is 5.11 Å². The molecule has 5 heteroatoms. The van der Waals surface area contributed by atoms with Crippen LogP contribution in [0, 0.1) is 12.8 Å². The zero-order valence-corrected chi connectivity index (χ0v) is 8.81. The van der Waals surface area contributed by atoms with Crippen LogP contribution in [0.3, 0.4) is 0 Å². The molecule has 1 aliphatic heterocycles. The van der Waals surface area contributed by atoms with Crippen LogP contribution in [0.15, 0.2) is 0 Å². The molecule has 1 aromatic heterocycles. The first-order valence-electron chi connectivity index (χ1n) is 5.27. The maximum atomic E-state index is 10.5. The van der Waals surface area contributed by atoms with E-state index in [4.69, 9.17) is 5.11 Å². The van der Waals surface area contributed by atoms with Crippen LogP contribution in [0.4, 0.5) is 0 Å². The molecular formula is C10H15N3O2. The smallest absolute Gasteiger partial charge is 0.303 e. The molecule has 82 valence electrons. The fourth-order valence-electron chi connectivity index (χ4n) is 2.06. The first-order chi connectivity index (χ1) is 7.15. The summed E-state index contributed by atoms with van der Waals surface area (Å²) in [4.78, 5) is 14.8. The highest BCUT2D eigenvalue weighted by molar-refractivity contribution is 5.66. The second-order valence-electron chi connectivity index (χ2n) is 4.09. The van der Waals surface area contributed by atoms with E-state index < -0.39 is 5.97 Å². The molecule has 0 radical (unpaired) electrons. The number of carbonyl (C=O) groups is 1. The van der Waals surface area contributed by atoms with Crippen molar-refractivity contribution in [2.45, 2.75) is 39.2 Å².